The van der Waals surface area contributed by atoms with Gasteiger partial charge in [0.2, 0.25) is 0 Å². The van der Waals surface area contributed by atoms with Crippen LogP contribution >= 0.6 is 0 Å². The maximum Gasteiger partial charge on any atom is 0.135 e. The van der Waals surface area contributed by atoms with E-state index in [4.69, 9.17) is 9.72 Å². The molecule has 330 valence electrons. The molecular weight excluding hydrogens is 966 g/mol. The Bertz CT molecular complexity index is 2990. The van der Waals surface area contributed by atoms with E-state index in [1.807, 2.05) is 36.8 Å². The van der Waals surface area contributed by atoms with Crippen molar-refractivity contribution in [2.24, 2.45) is 0 Å². The maximum atomic E-state index is 6.64. The number of hydrogen-bond acceptors (Lipinski definition) is 5. The number of hydrogen-bond donors (Lipinski definition) is 0. The van der Waals surface area contributed by atoms with Gasteiger partial charge in [-0.1, -0.05) is 105 Å². The van der Waals surface area contributed by atoms with Gasteiger partial charge in [0, 0.05) is 61.8 Å². The minimum atomic E-state index is -0.0219. The second-order valence-corrected chi connectivity index (χ2v) is 19.9. The Morgan fingerprint density at radius 3 is 1.98 bits per heavy atom. The summed E-state index contributed by atoms with van der Waals surface area (Å²) in [6, 6.07) is 41.9. The van der Waals surface area contributed by atoms with E-state index in [2.05, 4.69) is 200 Å². The van der Waals surface area contributed by atoms with E-state index in [0.29, 0.717) is 11.5 Å². The van der Waals surface area contributed by atoms with Crippen molar-refractivity contribution in [1.82, 2.24) is 14.5 Å². The summed E-state index contributed by atoms with van der Waals surface area (Å²) in [5.74, 6) is 2.59. The first kappa shape index (κ1) is 44.9. The van der Waals surface area contributed by atoms with Gasteiger partial charge in [-0.05, 0) is 123 Å². The van der Waals surface area contributed by atoms with E-state index in [1.54, 1.807) is 0 Å². The molecule has 0 atom stereocenters. The molecule has 5 aromatic carbocycles. The molecule has 0 aliphatic carbocycles. The number of para-hydroxylation sites is 1. The van der Waals surface area contributed by atoms with Crippen LogP contribution in [0.15, 0.2) is 116 Å². The minimum Gasteiger partial charge on any atom is -0.509 e. The van der Waals surface area contributed by atoms with Crippen LogP contribution in [-0.2, 0) is 31.9 Å². The molecule has 0 bridgehead atoms. The van der Waals surface area contributed by atoms with E-state index in [1.165, 1.54) is 50.2 Å². The topological polar surface area (TPSA) is 46.4 Å². The molecule has 0 fully saturated rings. The summed E-state index contributed by atoms with van der Waals surface area (Å²) in [6.45, 7) is 29.5. The van der Waals surface area contributed by atoms with Gasteiger partial charge in [0.1, 0.15) is 5.82 Å². The van der Waals surface area contributed by atoms with Gasteiger partial charge in [-0.15, -0.1) is 48.1 Å². The van der Waals surface area contributed by atoms with Gasteiger partial charge < -0.3 is 19.1 Å². The van der Waals surface area contributed by atoms with Crippen LogP contribution in [0.3, 0.4) is 0 Å². The first-order chi connectivity index (χ1) is 30.0. The molecule has 1 aliphatic heterocycles. The fourth-order valence-corrected chi connectivity index (χ4v) is 9.15. The number of fused-ring (bicyclic) bond motifs is 4. The number of pyridine rings is 2. The summed E-state index contributed by atoms with van der Waals surface area (Å²) in [5, 5.41) is 2.24. The molecule has 9 rings (SSSR count). The summed E-state index contributed by atoms with van der Waals surface area (Å²) in [7, 11) is 0. The smallest absolute Gasteiger partial charge is 0.135 e. The summed E-state index contributed by atoms with van der Waals surface area (Å²) in [5.41, 5.74) is 16.6. The Labute approximate surface area is 394 Å². The van der Waals surface area contributed by atoms with Crippen molar-refractivity contribution in [2.75, 3.05) is 9.80 Å². The zero-order valence-electron chi connectivity index (χ0n) is 39.2. The average molecular weight is 1020 g/mol. The van der Waals surface area contributed by atoms with Gasteiger partial charge in [0.15, 0.2) is 0 Å². The van der Waals surface area contributed by atoms with Crippen LogP contribution in [0.5, 0.6) is 11.5 Å². The Morgan fingerprint density at radius 1 is 0.641 bits per heavy atom. The van der Waals surface area contributed by atoms with Crippen molar-refractivity contribution < 1.29 is 25.8 Å². The first-order valence-electron chi connectivity index (χ1n) is 22.3. The van der Waals surface area contributed by atoms with Gasteiger partial charge in [-0.2, -0.15) is 12.1 Å². The molecular formula is C57H58N5OPt-3. The molecule has 64 heavy (non-hydrogen) atoms. The van der Waals surface area contributed by atoms with Gasteiger partial charge in [0.05, 0.1) is 11.9 Å². The number of rotatable bonds is 8. The van der Waals surface area contributed by atoms with Crippen molar-refractivity contribution in [3.63, 3.8) is 0 Å². The molecule has 6 nitrogen and oxygen atoms in total. The molecule has 0 spiro atoms. The molecule has 7 heteroatoms. The van der Waals surface area contributed by atoms with E-state index in [9.17, 15) is 0 Å². The second-order valence-electron chi connectivity index (χ2n) is 19.9. The van der Waals surface area contributed by atoms with Gasteiger partial charge in [-0.3, -0.25) is 4.98 Å². The fourth-order valence-electron chi connectivity index (χ4n) is 9.15. The van der Waals surface area contributed by atoms with Crippen LogP contribution in [0.2, 0.25) is 0 Å². The zero-order valence-corrected chi connectivity index (χ0v) is 41.4. The minimum absolute atomic E-state index is 0. The predicted molar refractivity (Wildman–Crippen MR) is 263 cm³/mol. The average Bonchev–Trinajstić information content (AvgIpc) is 3.78. The van der Waals surface area contributed by atoms with E-state index < -0.39 is 0 Å². The molecule has 0 saturated carbocycles. The van der Waals surface area contributed by atoms with Crippen molar-refractivity contribution in [2.45, 2.75) is 106 Å². The second kappa shape index (κ2) is 17.0. The quantitative estimate of drug-likeness (QED) is 0.142. The standard InChI is InChI=1S/C57H58N5O.Pt/c1-35(2)47-28-39(54-37(5)26-41(27-38(54)6)57(10,11)12)29-48(36(3)4)55(47)61-34-60(50-23-24-58-33-52(50)61)42-16-15-17-43(31-42)63-44-20-21-46-45-18-13-14-19-49(45)62(51(46)32-44)53-30-40(22-25-59-53)56(7,8)9;/h13-30,33-36H,1-12H3;/q-3;. The van der Waals surface area contributed by atoms with Crippen LogP contribution in [0.1, 0.15) is 114 Å². The number of aryl methyl sites for hydroxylation is 2. The van der Waals surface area contributed by atoms with Gasteiger partial charge in [0.25, 0.3) is 0 Å². The van der Waals surface area contributed by atoms with Crippen LogP contribution in [0.25, 0.3) is 38.8 Å². The third-order valence-electron chi connectivity index (χ3n) is 12.5. The van der Waals surface area contributed by atoms with Crippen LogP contribution in [-0.4, -0.2) is 14.5 Å². The molecule has 0 radical (unpaired) electrons. The molecule has 1 aliphatic rings. The molecule has 8 aromatic rings. The maximum absolute atomic E-state index is 6.64. The van der Waals surface area contributed by atoms with E-state index in [0.717, 1.165) is 44.7 Å². The molecule has 0 amide bonds. The number of ether oxygens (including phenoxy) is 1. The largest absolute Gasteiger partial charge is 0.509 e. The normalized spacial score (nSPS) is 13.0. The summed E-state index contributed by atoms with van der Waals surface area (Å²) < 4.78 is 8.84. The predicted octanol–water partition coefficient (Wildman–Crippen LogP) is 15.5. The van der Waals surface area contributed by atoms with Crippen molar-refractivity contribution in [3.8, 4) is 28.4 Å². The SMILES string of the molecule is Cc1cc(C(C)(C)C)cc(C)c1-c1cc(C(C)C)c(N2[CH-]N(c3[c-]c(Oc4[c-]c5c(cc4)c4ccccc4n5-c4cc(C(C)(C)C)ccn4)ccc3)c3ccncc32)c(C(C)C)c1.[Pt]. The zero-order chi connectivity index (χ0) is 44.5. The first-order valence-corrected chi connectivity index (χ1v) is 22.3. The Hall–Kier alpha value is -5.71. The van der Waals surface area contributed by atoms with E-state index >= 15 is 0 Å². The third kappa shape index (κ3) is 8.15. The summed E-state index contributed by atoms with van der Waals surface area (Å²) >= 11 is 0. The van der Waals surface area contributed by atoms with Crippen LogP contribution < -0.4 is 14.5 Å². The van der Waals surface area contributed by atoms with Gasteiger partial charge in [-0.25, -0.2) is 4.98 Å². The number of nitrogens with zero attached hydrogens (tertiary/aromatic N) is 5. The van der Waals surface area contributed by atoms with Crippen LogP contribution in [0, 0.1) is 32.6 Å². The molecule has 0 saturated heterocycles. The Kier molecular flexibility index (Phi) is 11.9. The number of aromatic nitrogens is 3. The summed E-state index contributed by atoms with van der Waals surface area (Å²) in [4.78, 5) is 14.0. The van der Waals surface area contributed by atoms with Crippen molar-refractivity contribution in [3.05, 3.63) is 168 Å². The molecule has 0 unspecified atom stereocenters. The number of anilines is 4. The Balaban J connectivity index is 0.00000560. The molecule has 0 N–H and O–H groups in total. The molecule has 4 heterocycles. The van der Waals surface area contributed by atoms with Gasteiger partial charge >= 0.3 is 0 Å². The van der Waals surface area contributed by atoms with Crippen molar-refractivity contribution >= 4 is 44.6 Å². The van der Waals surface area contributed by atoms with Crippen molar-refractivity contribution in [1.29, 1.82) is 0 Å². The Morgan fingerprint density at radius 2 is 1.31 bits per heavy atom. The third-order valence-corrected chi connectivity index (χ3v) is 12.5. The summed E-state index contributed by atoms with van der Waals surface area (Å²) in [6.07, 6.45) is 5.74. The number of benzene rings is 5. The van der Waals surface area contributed by atoms with Crippen LogP contribution in [0.4, 0.5) is 22.7 Å². The fraction of sp³-hybridized carbons (Fsp3) is 0.281. The monoisotopic (exact) mass is 1020 g/mol. The van der Waals surface area contributed by atoms with E-state index in [-0.39, 0.29) is 43.7 Å². The molecule has 3 aromatic heterocycles.